The number of nitrogens with one attached hydrogen (secondary N) is 1. The second-order valence-corrected chi connectivity index (χ2v) is 10.3. The van der Waals surface area contributed by atoms with Gasteiger partial charge in [-0.05, 0) is 36.4 Å². The van der Waals surface area contributed by atoms with Gasteiger partial charge >= 0.3 is 5.97 Å². The van der Waals surface area contributed by atoms with Crippen LogP contribution in [0.5, 0.6) is 5.75 Å². The molecule has 0 saturated carbocycles. The molecule has 12 heteroatoms. The lowest BCUT2D eigenvalue weighted by Crippen LogP contribution is -2.30. The second-order valence-electron chi connectivity index (χ2n) is 6.80. The number of anilines is 2. The number of hydrogen-bond acceptors (Lipinski definition) is 8. The van der Waals surface area contributed by atoms with E-state index < -0.39 is 37.8 Å². The van der Waals surface area contributed by atoms with Crippen LogP contribution < -0.4 is 13.8 Å². The normalized spacial score (nSPS) is 18.0. The maximum absolute atomic E-state index is 13.0. The molecule has 2 aromatic rings. The topological polar surface area (TPSA) is 136 Å². The molecule has 1 amide bonds. The van der Waals surface area contributed by atoms with Crippen molar-refractivity contribution in [3.05, 3.63) is 48.0 Å². The highest BCUT2D eigenvalue weighted by Crippen LogP contribution is 2.34. The third-order valence-electron chi connectivity index (χ3n) is 4.57. The van der Waals surface area contributed by atoms with E-state index in [2.05, 4.69) is 9.46 Å². The van der Waals surface area contributed by atoms with Gasteiger partial charge in [0.25, 0.3) is 10.0 Å². The number of hydrogen-bond donors (Lipinski definition) is 1. The van der Waals surface area contributed by atoms with Crippen LogP contribution in [0.15, 0.2) is 47.4 Å². The number of carbonyl (C=O) groups excluding carboxylic acids is 2. The van der Waals surface area contributed by atoms with E-state index in [1.165, 1.54) is 57.5 Å². The summed E-state index contributed by atoms with van der Waals surface area (Å²) >= 11 is 0. The first-order chi connectivity index (χ1) is 14.5. The molecule has 0 aromatic heterocycles. The number of benzene rings is 2. The highest BCUT2D eigenvalue weighted by molar-refractivity contribution is 7.94. The van der Waals surface area contributed by atoms with Crippen LogP contribution in [-0.2, 0) is 29.6 Å². The third-order valence-corrected chi connectivity index (χ3v) is 7.84. The molecule has 0 bridgehead atoms. The van der Waals surface area contributed by atoms with Crippen molar-refractivity contribution in [1.29, 1.82) is 0 Å². The van der Waals surface area contributed by atoms with Crippen LogP contribution in [0.3, 0.4) is 0 Å². The van der Waals surface area contributed by atoms with Crippen LogP contribution in [0.4, 0.5) is 11.4 Å². The largest absolute Gasteiger partial charge is 0.495 e. The standard InChI is InChI=1S/C19H20N2O8S2/c1-12-11-30(24,25)21(18(12)22)15-7-8-16(28-2)17(10-15)31(26,27)20-14-6-4-5-13(9-14)19(23)29-3/h4-10,12,20H,11H2,1-3H3. The van der Waals surface area contributed by atoms with Gasteiger partial charge in [0.1, 0.15) is 10.6 Å². The number of sulfonamides is 2. The Morgan fingerprint density at radius 3 is 2.45 bits per heavy atom. The summed E-state index contributed by atoms with van der Waals surface area (Å²) in [4.78, 5) is 23.7. The fourth-order valence-corrected chi connectivity index (χ4v) is 6.18. The van der Waals surface area contributed by atoms with Crippen LogP contribution in [-0.4, -0.2) is 48.7 Å². The van der Waals surface area contributed by atoms with Crippen molar-refractivity contribution in [3.63, 3.8) is 0 Å². The van der Waals surface area contributed by atoms with E-state index in [0.29, 0.717) is 4.31 Å². The minimum atomic E-state index is -4.29. The molecule has 1 saturated heterocycles. The van der Waals surface area contributed by atoms with Crippen LogP contribution in [0.2, 0.25) is 0 Å². The lowest BCUT2D eigenvalue weighted by Gasteiger charge is -2.18. The quantitative estimate of drug-likeness (QED) is 0.631. The molecule has 0 aliphatic carbocycles. The maximum Gasteiger partial charge on any atom is 0.337 e. The zero-order valence-electron chi connectivity index (χ0n) is 16.9. The van der Waals surface area contributed by atoms with Crippen LogP contribution in [0, 0.1) is 5.92 Å². The Labute approximate surface area is 179 Å². The molecule has 3 rings (SSSR count). The van der Waals surface area contributed by atoms with Crippen LogP contribution in [0.1, 0.15) is 17.3 Å². The molecule has 2 aromatic carbocycles. The van der Waals surface area contributed by atoms with Gasteiger partial charge in [-0.25, -0.2) is 25.9 Å². The van der Waals surface area contributed by atoms with Crippen LogP contribution >= 0.6 is 0 Å². The van der Waals surface area contributed by atoms with Gasteiger partial charge in [-0.3, -0.25) is 9.52 Å². The Balaban J connectivity index is 2.04. The number of methoxy groups -OCH3 is 2. The Kier molecular flexibility index (Phi) is 5.96. The molecule has 1 aliphatic rings. The third kappa shape index (κ3) is 4.35. The molecular formula is C19H20N2O8S2. The zero-order chi connectivity index (χ0) is 23.0. The molecule has 1 heterocycles. The summed E-state index contributed by atoms with van der Waals surface area (Å²) in [5, 5.41) is 0. The average molecular weight is 469 g/mol. The molecule has 10 nitrogen and oxygen atoms in total. The molecule has 1 N–H and O–H groups in total. The van der Waals surface area contributed by atoms with Gasteiger partial charge in [-0.1, -0.05) is 13.0 Å². The first kappa shape index (κ1) is 22.6. The number of nitrogens with zero attached hydrogens (tertiary/aromatic N) is 1. The summed E-state index contributed by atoms with van der Waals surface area (Å²) in [6.45, 7) is 1.48. The van der Waals surface area contributed by atoms with E-state index in [4.69, 9.17) is 4.74 Å². The van der Waals surface area contributed by atoms with Gasteiger partial charge in [-0.15, -0.1) is 0 Å². The van der Waals surface area contributed by atoms with E-state index in [0.717, 1.165) is 6.07 Å². The Morgan fingerprint density at radius 1 is 1.16 bits per heavy atom. The fourth-order valence-electron chi connectivity index (χ4n) is 3.13. The van der Waals surface area contributed by atoms with Gasteiger partial charge in [0.05, 0.1) is 37.1 Å². The lowest BCUT2D eigenvalue weighted by molar-refractivity contribution is -0.119. The second kappa shape index (κ2) is 8.19. The van der Waals surface area contributed by atoms with Crippen LogP contribution in [0.25, 0.3) is 0 Å². The van der Waals surface area contributed by atoms with E-state index >= 15 is 0 Å². The number of esters is 1. The van der Waals surface area contributed by atoms with Gasteiger partial charge in [0.15, 0.2) is 0 Å². The van der Waals surface area contributed by atoms with Gasteiger partial charge in [0, 0.05) is 5.69 Å². The van der Waals surface area contributed by atoms with Gasteiger partial charge < -0.3 is 9.47 Å². The summed E-state index contributed by atoms with van der Waals surface area (Å²) in [6.07, 6.45) is 0. The van der Waals surface area contributed by atoms with Gasteiger partial charge in [0.2, 0.25) is 15.9 Å². The average Bonchev–Trinajstić information content (AvgIpc) is 2.93. The van der Waals surface area contributed by atoms with Crippen molar-refractivity contribution in [1.82, 2.24) is 0 Å². The van der Waals surface area contributed by atoms with Crippen molar-refractivity contribution >= 4 is 43.3 Å². The van der Waals surface area contributed by atoms with Crippen molar-refractivity contribution in [2.45, 2.75) is 11.8 Å². The number of amides is 1. The molecular weight excluding hydrogens is 448 g/mol. The fraction of sp³-hybridized carbons (Fsp3) is 0.263. The van der Waals surface area contributed by atoms with Gasteiger partial charge in [-0.2, -0.15) is 0 Å². The van der Waals surface area contributed by atoms with E-state index in [9.17, 15) is 26.4 Å². The lowest BCUT2D eigenvalue weighted by atomic mass is 10.2. The summed E-state index contributed by atoms with van der Waals surface area (Å²) in [6, 6.07) is 9.25. The smallest absolute Gasteiger partial charge is 0.337 e. The van der Waals surface area contributed by atoms with E-state index in [-0.39, 0.29) is 33.3 Å². The molecule has 0 spiro atoms. The Morgan fingerprint density at radius 2 is 1.87 bits per heavy atom. The highest BCUT2D eigenvalue weighted by atomic mass is 32.2. The summed E-state index contributed by atoms with van der Waals surface area (Å²) in [5.74, 6) is -2.46. The van der Waals surface area contributed by atoms with E-state index in [1.807, 2.05) is 0 Å². The molecule has 0 radical (unpaired) electrons. The minimum absolute atomic E-state index is 0.0579. The Bertz CT molecular complexity index is 1260. The highest BCUT2D eigenvalue weighted by Gasteiger charge is 2.42. The Hall–Kier alpha value is -3.12. The zero-order valence-corrected chi connectivity index (χ0v) is 18.5. The number of rotatable bonds is 6. The monoisotopic (exact) mass is 468 g/mol. The molecule has 1 aliphatic heterocycles. The summed E-state index contributed by atoms with van der Waals surface area (Å²) in [7, 11) is -5.75. The summed E-state index contributed by atoms with van der Waals surface area (Å²) < 4.78 is 63.5. The number of ether oxygens (including phenoxy) is 2. The molecule has 1 unspecified atom stereocenters. The molecule has 166 valence electrons. The van der Waals surface area contributed by atoms with Crippen molar-refractivity contribution in [2.24, 2.45) is 5.92 Å². The molecule has 31 heavy (non-hydrogen) atoms. The molecule has 1 fully saturated rings. The maximum atomic E-state index is 13.0. The first-order valence-corrected chi connectivity index (χ1v) is 12.1. The minimum Gasteiger partial charge on any atom is -0.495 e. The van der Waals surface area contributed by atoms with Crippen molar-refractivity contribution in [3.8, 4) is 5.75 Å². The summed E-state index contributed by atoms with van der Waals surface area (Å²) in [5.41, 5.74) is 0.0962. The van der Waals surface area contributed by atoms with Crippen molar-refractivity contribution < 1.29 is 35.9 Å². The van der Waals surface area contributed by atoms with E-state index in [1.54, 1.807) is 0 Å². The molecule has 1 atom stereocenters. The predicted octanol–water partition coefficient (Wildman–Crippen LogP) is 1.60. The first-order valence-electron chi connectivity index (χ1n) is 8.96. The SMILES string of the molecule is COC(=O)c1cccc(NS(=O)(=O)c2cc(N3C(=O)C(C)CS3(=O)=O)ccc2OC)c1. The number of carbonyl (C=O) groups is 2. The predicted molar refractivity (Wildman–Crippen MR) is 112 cm³/mol. The van der Waals surface area contributed by atoms with Crippen molar-refractivity contribution in [2.75, 3.05) is 29.0 Å².